The highest BCUT2D eigenvalue weighted by Crippen LogP contribution is 2.21. The van der Waals surface area contributed by atoms with Crippen molar-refractivity contribution in [3.05, 3.63) is 40.3 Å². The van der Waals surface area contributed by atoms with Crippen molar-refractivity contribution in [1.29, 1.82) is 0 Å². The number of aromatic amines is 1. The van der Waals surface area contributed by atoms with Crippen LogP contribution in [0.15, 0.2) is 29.8 Å². The largest absolute Gasteiger partial charge is 0.342 e. The molecule has 0 aromatic carbocycles. The highest BCUT2D eigenvalue weighted by molar-refractivity contribution is 7.09. The molecule has 3 rings (SSSR count). The minimum Gasteiger partial charge on any atom is -0.342 e. The molecule has 21 heavy (non-hydrogen) atoms. The van der Waals surface area contributed by atoms with E-state index in [4.69, 9.17) is 0 Å². The van der Waals surface area contributed by atoms with Gasteiger partial charge in [0, 0.05) is 36.3 Å². The lowest BCUT2D eigenvalue weighted by Gasteiger charge is -2.32. The van der Waals surface area contributed by atoms with E-state index in [1.807, 2.05) is 12.1 Å². The molecule has 4 nitrogen and oxygen atoms in total. The Hall–Kier alpha value is -1.62. The van der Waals surface area contributed by atoms with E-state index >= 15 is 0 Å². The van der Waals surface area contributed by atoms with Crippen LogP contribution in [0.4, 0.5) is 0 Å². The van der Waals surface area contributed by atoms with Crippen molar-refractivity contribution in [2.45, 2.75) is 32.1 Å². The zero-order valence-corrected chi connectivity index (χ0v) is 12.9. The monoisotopic (exact) mass is 303 g/mol. The summed E-state index contributed by atoms with van der Waals surface area (Å²) in [6.07, 6.45) is 6.61. The first-order valence-corrected chi connectivity index (χ1v) is 8.47. The molecule has 5 heteroatoms. The predicted molar refractivity (Wildman–Crippen MR) is 84.2 cm³/mol. The van der Waals surface area contributed by atoms with E-state index in [-0.39, 0.29) is 0 Å². The Balaban J connectivity index is 1.49. The standard InChI is InChI=1S/C16H21N3OS/c20-16(6-5-15-4-2-10-21-15)19-9-1-3-13(12-19)11-14-7-8-17-18-14/h2,4,7-8,10,13H,1,3,5-6,9,11-12H2,(H,17,18)/t13-/m0/s1. The third kappa shape index (κ3) is 3.94. The summed E-state index contributed by atoms with van der Waals surface area (Å²) in [6, 6.07) is 6.18. The van der Waals surface area contributed by atoms with E-state index in [0.29, 0.717) is 18.2 Å². The van der Waals surface area contributed by atoms with E-state index in [2.05, 4.69) is 26.5 Å². The van der Waals surface area contributed by atoms with E-state index in [1.54, 1.807) is 17.5 Å². The zero-order chi connectivity index (χ0) is 14.5. The number of hydrogen-bond donors (Lipinski definition) is 1. The lowest BCUT2D eigenvalue weighted by atomic mass is 9.93. The van der Waals surface area contributed by atoms with Crippen LogP contribution < -0.4 is 0 Å². The molecule has 1 aliphatic heterocycles. The van der Waals surface area contributed by atoms with Gasteiger partial charge >= 0.3 is 0 Å². The van der Waals surface area contributed by atoms with Gasteiger partial charge in [-0.05, 0) is 49.1 Å². The van der Waals surface area contributed by atoms with Crippen molar-refractivity contribution >= 4 is 17.2 Å². The molecule has 1 amide bonds. The maximum Gasteiger partial charge on any atom is 0.222 e. The third-order valence-corrected chi connectivity index (χ3v) is 5.04. The summed E-state index contributed by atoms with van der Waals surface area (Å²) in [5.41, 5.74) is 1.17. The average molecular weight is 303 g/mol. The summed E-state index contributed by atoms with van der Waals surface area (Å²) in [6.45, 7) is 1.81. The fraction of sp³-hybridized carbons (Fsp3) is 0.500. The van der Waals surface area contributed by atoms with E-state index in [0.717, 1.165) is 32.4 Å². The fourth-order valence-electron chi connectivity index (χ4n) is 3.01. The molecule has 2 aromatic rings. The molecular formula is C16H21N3OS. The number of nitrogens with one attached hydrogen (secondary N) is 1. The number of carbonyl (C=O) groups excluding carboxylic acids is 1. The minimum atomic E-state index is 0.303. The van der Waals surface area contributed by atoms with Crippen LogP contribution in [-0.2, 0) is 17.6 Å². The zero-order valence-electron chi connectivity index (χ0n) is 12.1. The number of rotatable bonds is 5. The molecule has 0 bridgehead atoms. The van der Waals surface area contributed by atoms with Gasteiger partial charge in [0.2, 0.25) is 5.91 Å². The summed E-state index contributed by atoms with van der Waals surface area (Å²) in [7, 11) is 0. The molecule has 2 aromatic heterocycles. The number of aromatic nitrogens is 2. The Labute approximate surface area is 129 Å². The molecular weight excluding hydrogens is 282 g/mol. The van der Waals surface area contributed by atoms with Crippen molar-refractivity contribution in [2.24, 2.45) is 5.92 Å². The van der Waals surface area contributed by atoms with Gasteiger partial charge in [0.05, 0.1) is 0 Å². The second kappa shape index (κ2) is 6.89. The molecule has 1 saturated heterocycles. The number of carbonyl (C=O) groups is 1. The number of piperidine rings is 1. The number of amides is 1. The summed E-state index contributed by atoms with van der Waals surface area (Å²) in [5, 5.41) is 9.09. The second-order valence-electron chi connectivity index (χ2n) is 5.71. The fourth-order valence-corrected chi connectivity index (χ4v) is 3.72. The molecule has 0 saturated carbocycles. The second-order valence-corrected chi connectivity index (χ2v) is 6.75. The first-order chi connectivity index (χ1) is 10.3. The number of thiophene rings is 1. The average Bonchev–Trinajstić information content (AvgIpc) is 3.18. The molecule has 1 aliphatic rings. The highest BCUT2D eigenvalue weighted by Gasteiger charge is 2.23. The minimum absolute atomic E-state index is 0.303. The van der Waals surface area contributed by atoms with E-state index in [9.17, 15) is 4.79 Å². The van der Waals surface area contributed by atoms with Gasteiger partial charge in [-0.1, -0.05) is 6.07 Å². The number of likely N-dealkylation sites (tertiary alicyclic amines) is 1. The molecule has 1 fully saturated rings. The van der Waals surface area contributed by atoms with Gasteiger partial charge in [0.25, 0.3) is 0 Å². The Kier molecular flexibility index (Phi) is 4.70. The summed E-state index contributed by atoms with van der Waals surface area (Å²) >= 11 is 1.73. The van der Waals surface area contributed by atoms with Crippen LogP contribution in [0.1, 0.15) is 29.8 Å². The predicted octanol–water partition coefficient (Wildman–Crippen LogP) is 2.89. The Morgan fingerprint density at radius 1 is 1.48 bits per heavy atom. The van der Waals surface area contributed by atoms with Crippen molar-refractivity contribution in [2.75, 3.05) is 13.1 Å². The van der Waals surface area contributed by atoms with Gasteiger partial charge in [-0.2, -0.15) is 5.10 Å². The summed E-state index contributed by atoms with van der Waals surface area (Å²) in [5.74, 6) is 0.864. The van der Waals surface area contributed by atoms with Crippen molar-refractivity contribution < 1.29 is 4.79 Å². The smallest absolute Gasteiger partial charge is 0.222 e. The molecule has 3 heterocycles. The molecule has 1 atom stereocenters. The summed E-state index contributed by atoms with van der Waals surface area (Å²) < 4.78 is 0. The normalized spacial score (nSPS) is 18.9. The van der Waals surface area contributed by atoms with Gasteiger partial charge in [0.15, 0.2) is 0 Å². The van der Waals surface area contributed by atoms with Crippen LogP contribution in [-0.4, -0.2) is 34.1 Å². The number of hydrogen-bond acceptors (Lipinski definition) is 3. The number of H-pyrrole nitrogens is 1. The molecule has 0 unspecified atom stereocenters. The van der Waals surface area contributed by atoms with E-state index < -0.39 is 0 Å². The van der Waals surface area contributed by atoms with Crippen molar-refractivity contribution in [1.82, 2.24) is 15.1 Å². The highest BCUT2D eigenvalue weighted by atomic mass is 32.1. The molecule has 0 spiro atoms. The molecule has 1 N–H and O–H groups in total. The van der Waals surface area contributed by atoms with Gasteiger partial charge in [0.1, 0.15) is 0 Å². The lowest BCUT2D eigenvalue weighted by Crippen LogP contribution is -2.40. The Morgan fingerprint density at radius 2 is 2.43 bits per heavy atom. The van der Waals surface area contributed by atoms with Crippen molar-refractivity contribution in [3.8, 4) is 0 Å². The first kappa shape index (κ1) is 14.3. The van der Waals surface area contributed by atoms with Crippen LogP contribution >= 0.6 is 11.3 Å². The van der Waals surface area contributed by atoms with Crippen LogP contribution in [0.3, 0.4) is 0 Å². The maximum atomic E-state index is 12.4. The Morgan fingerprint density at radius 3 is 3.19 bits per heavy atom. The van der Waals surface area contributed by atoms with Gasteiger partial charge in [-0.15, -0.1) is 11.3 Å². The number of nitrogens with zero attached hydrogens (tertiary/aromatic N) is 2. The van der Waals surface area contributed by atoms with Crippen LogP contribution in [0.2, 0.25) is 0 Å². The first-order valence-electron chi connectivity index (χ1n) is 7.59. The molecule has 0 radical (unpaired) electrons. The van der Waals surface area contributed by atoms with Gasteiger partial charge in [-0.3, -0.25) is 9.89 Å². The van der Waals surface area contributed by atoms with Crippen molar-refractivity contribution in [3.63, 3.8) is 0 Å². The quantitative estimate of drug-likeness (QED) is 0.923. The van der Waals surface area contributed by atoms with Gasteiger partial charge < -0.3 is 4.90 Å². The third-order valence-electron chi connectivity index (χ3n) is 4.10. The van der Waals surface area contributed by atoms with Gasteiger partial charge in [-0.25, -0.2) is 0 Å². The number of aryl methyl sites for hydroxylation is 1. The maximum absolute atomic E-state index is 12.4. The van der Waals surface area contributed by atoms with Crippen LogP contribution in [0, 0.1) is 5.92 Å². The van der Waals surface area contributed by atoms with Crippen LogP contribution in [0.5, 0.6) is 0 Å². The van der Waals surface area contributed by atoms with E-state index in [1.165, 1.54) is 17.0 Å². The Bertz CT molecular complexity index is 550. The topological polar surface area (TPSA) is 49.0 Å². The molecule has 0 aliphatic carbocycles. The summed E-state index contributed by atoms with van der Waals surface area (Å²) in [4.78, 5) is 15.7. The lowest BCUT2D eigenvalue weighted by molar-refractivity contribution is -0.132. The molecule has 112 valence electrons. The SMILES string of the molecule is O=C(CCc1cccs1)N1CCC[C@@H](Cc2ccn[nH]2)C1. The van der Waals surface area contributed by atoms with Crippen LogP contribution in [0.25, 0.3) is 0 Å².